The molecule has 0 aliphatic heterocycles. The van der Waals surface area contributed by atoms with Crippen LogP contribution in [0.15, 0.2) is 58.4 Å². The molecular weight excluding hydrogens is 336 g/mol. The number of rotatable bonds is 9. The number of isothiocyanates is 1. The fraction of sp³-hybridized carbons (Fsp3) is 0.222. The van der Waals surface area contributed by atoms with Crippen LogP contribution in [-0.2, 0) is 0 Å². The minimum Gasteiger partial charge on any atom is -0.385 e. The Morgan fingerprint density at radius 1 is 0.917 bits per heavy atom. The van der Waals surface area contributed by atoms with Crippen molar-refractivity contribution in [2.24, 2.45) is 4.99 Å². The Labute approximate surface area is 152 Å². The molecule has 0 saturated carbocycles. The number of nitrogens with zero attached hydrogens (tertiary/aromatic N) is 2. The van der Waals surface area contributed by atoms with E-state index in [0.717, 1.165) is 47.9 Å². The second-order valence-electron chi connectivity index (χ2n) is 5.03. The van der Waals surface area contributed by atoms with Gasteiger partial charge in [0.1, 0.15) is 5.40 Å². The maximum atomic E-state index is 8.61. The van der Waals surface area contributed by atoms with E-state index in [9.17, 15) is 0 Å². The maximum Gasteiger partial charge on any atom is 0.138 e. The standard InChI is InChI=1S/C18H18N4S2/c19-13-24-18-9-7-16(8-10-18)21-12-2-1-11-20-15-3-5-17(6-4-15)22-14-23/h3-10,20-21H,1-2,11-12H2. The molecule has 0 aliphatic rings. The lowest BCUT2D eigenvalue weighted by Gasteiger charge is -2.08. The van der Waals surface area contributed by atoms with Gasteiger partial charge in [0.15, 0.2) is 0 Å². The number of thioether (sulfide) groups is 1. The molecule has 0 saturated heterocycles. The van der Waals surface area contributed by atoms with Crippen LogP contribution in [0.5, 0.6) is 0 Å². The van der Waals surface area contributed by atoms with Crippen molar-refractivity contribution in [2.75, 3.05) is 23.7 Å². The molecule has 0 aliphatic carbocycles. The van der Waals surface area contributed by atoms with Crippen LogP contribution in [0, 0.1) is 10.7 Å². The van der Waals surface area contributed by atoms with Gasteiger partial charge in [0.05, 0.1) is 10.8 Å². The quantitative estimate of drug-likeness (QED) is 0.210. The van der Waals surface area contributed by atoms with Crippen LogP contribution in [0.25, 0.3) is 0 Å². The molecule has 0 radical (unpaired) electrons. The molecule has 0 amide bonds. The van der Waals surface area contributed by atoms with E-state index in [0.29, 0.717) is 0 Å². The minimum absolute atomic E-state index is 0.818. The molecule has 0 fully saturated rings. The smallest absolute Gasteiger partial charge is 0.138 e. The summed E-state index contributed by atoms with van der Waals surface area (Å²) in [6, 6.07) is 15.7. The first-order chi connectivity index (χ1) is 11.8. The molecule has 2 rings (SSSR count). The first-order valence-electron chi connectivity index (χ1n) is 7.63. The van der Waals surface area contributed by atoms with Gasteiger partial charge in [0.25, 0.3) is 0 Å². The minimum atomic E-state index is 0.818. The molecule has 0 aromatic heterocycles. The number of anilines is 2. The largest absolute Gasteiger partial charge is 0.385 e. The highest BCUT2D eigenvalue weighted by atomic mass is 32.2. The molecule has 2 aromatic rings. The normalized spacial score (nSPS) is 9.62. The number of hydrogen-bond donors (Lipinski definition) is 2. The summed E-state index contributed by atoms with van der Waals surface area (Å²) in [5.74, 6) is 0. The second-order valence-corrected chi connectivity index (χ2v) is 6.07. The zero-order valence-corrected chi connectivity index (χ0v) is 14.8. The number of thiocyanates is 1. The first-order valence-corrected chi connectivity index (χ1v) is 8.86. The Morgan fingerprint density at radius 2 is 1.46 bits per heavy atom. The van der Waals surface area contributed by atoms with Gasteiger partial charge < -0.3 is 10.6 Å². The summed E-state index contributed by atoms with van der Waals surface area (Å²) in [4.78, 5) is 4.89. The molecule has 24 heavy (non-hydrogen) atoms. The van der Waals surface area contributed by atoms with Crippen LogP contribution in [0.4, 0.5) is 17.1 Å². The van der Waals surface area contributed by atoms with Crippen LogP contribution >= 0.6 is 24.0 Å². The SMILES string of the molecule is N#CSc1ccc(NCCCCNc2ccc(N=C=S)cc2)cc1. The summed E-state index contributed by atoms with van der Waals surface area (Å²) < 4.78 is 0. The summed E-state index contributed by atoms with van der Waals surface area (Å²) in [7, 11) is 0. The molecule has 0 unspecified atom stereocenters. The van der Waals surface area contributed by atoms with E-state index in [1.807, 2.05) is 48.5 Å². The predicted molar refractivity (Wildman–Crippen MR) is 105 cm³/mol. The third-order valence-corrected chi connectivity index (χ3v) is 4.01. The van der Waals surface area contributed by atoms with E-state index in [1.165, 1.54) is 11.8 Å². The molecule has 2 N–H and O–H groups in total. The van der Waals surface area contributed by atoms with Gasteiger partial charge in [-0.05, 0) is 85.4 Å². The molecule has 0 spiro atoms. The van der Waals surface area contributed by atoms with Crippen molar-refractivity contribution in [3.63, 3.8) is 0 Å². The number of nitrogens with one attached hydrogen (secondary N) is 2. The van der Waals surface area contributed by atoms with Crippen molar-refractivity contribution in [1.82, 2.24) is 0 Å². The van der Waals surface area contributed by atoms with E-state index in [1.54, 1.807) is 0 Å². The molecule has 0 heterocycles. The van der Waals surface area contributed by atoms with Gasteiger partial charge in [-0.15, -0.1) is 0 Å². The Kier molecular flexibility index (Phi) is 7.85. The highest BCUT2D eigenvalue weighted by Crippen LogP contribution is 2.19. The fourth-order valence-corrected chi connectivity index (χ4v) is 2.60. The van der Waals surface area contributed by atoms with Crippen molar-refractivity contribution in [3.05, 3.63) is 48.5 Å². The average Bonchev–Trinajstić information content (AvgIpc) is 2.61. The first kappa shape index (κ1) is 18.0. The molecule has 4 nitrogen and oxygen atoms in total. The molecule has 2 aromatic carbocycles. The third-order valence-electron chi connectivity index (χ3n) is 3.32. The van der Waals surface area contributed by atoms with Crippen LogP contribution in [0.3, 0.4) is 0 Å². The molecule has 0 bridgehead atoms. The van der Waals surface area contributed by atoms with E-state index < -0.39 is 0 Å². The lowest BCUT2D eigenvalue weighted by atomic mass is 10.2. The van der Waals surface area contributed by atoms with E-state index in [4.69, 9.17) is 5.26 Å². The molecule has 0 atom stereocenters. The summed E-state index contributed by atoms with van der Waals surface area (Å²) in [5, 5.41) is 19.8. The van der Waals surface area contributed by atoms with Crippen LogP contribution in [-0.4, -0.2) is 18.3 Å². The summed E-state index contributed by atoms with van der Waals surface area (Å²) >= 11 is 5.75. The van der Waals surface area contributed by atoms with Gasteiger partial charge in [-0.25, -0.2) is 0 Å². The number of hydrogen-bond acceptors (Lipinski definition) is 6. The highest BCUT2D eigenvalue weighted by Gasteiger charge is 1.96. The van der Waals surface area contributed by atoms with Crippen molar-refractivity contribution in [1.29, 1.82) is 5.26 Å². The number of thiocarbonyl (C=S) groups is 1. The van der Waals surface area contributed by atoms with E-state index in [2.05, 4.69) is 38.4 Å². The third kappa shape index (κ3) is 6.43. The van der Waals surface area contributed by atoms with Crippen molar-refractivity contribution < 1.29 is 0 Å². The van der Waals surface area contributed by atoms with Crippen LogP contribution in [0.1, 0.15) is 12.8 Å². The molecular formula is C18H18N4S2. The van der Waals surface area contributed by atoms with E-state index in [-0.39, 0.29) is 0 Å². The molecule has 6 heteroatoms. The predicted octanol–water partition coefficient (Wildman–Crippen LogP) is 5.30. The van der Waals surface area contributed by atoms with Crippen molar-refractivity contribution in [3.8, 4) is 5.40 Å². The van der Waals surface area contributed by atoms with Gasteiger partial charge in [-0.2, -0.15) is 10.3 Å². The number of benzene rings is 2. The second kappa shape index (κ2) is 10.5. The number of nitriles is 1. The Morgan fingerprint density at radius 3 is 1.96 bits per heavy atom. The maximum absolute atomic E-state index is 8.61. The van der Waals surface area contributed by atoms with E-state index >= 15 is 0 Å². The topological polar surface area (TPSA) is 60.2 Å². The highest BCUT2D eigenvalue weighted by molar-refractivity contribution is 8.03. The average molecular weight is 355 g/mol. The van der Waals surface area contributed by atoms with Crippen molar-refractivity contribution >= 4 is 46.2 Å². The Balaban J connectivity index is 1.61. The van der Waals surface area contributed by atoms with Gasteiger partial charge in [0, 0.05) is 29.4 Å². The van der Waals surface area contributed by atoms with Crippen molar-refractivity contribution in [2.45, 2.75) is 17.7 Å². The zero-order chi connectivity index (χ0) is 17.0. The van der Waals surface area contributed by atoms with Crippen LogP contribution < -0.4 is 10.6 Å². The summed E-state index contributed by atoms with van der Waals surface area (Å²) in [5.41, 5.74) is 2.98. The molecule has 122 valence electrons. The lowest BCUT2D eigenvalue weighted by Crippen LogP contribution is -2.06. The number of aliphatic imine (C=N–C) groups is 1. The Hall–Kier alpha value is -2.32. The Bertz CT molecular complexity index is 714. The number of unbranched alkanes of at least 4 members (excludes halogenated alkanes) is 1. The van der Waals surface area contributed by atoms with Gasteiger partial charge in [-0.3, -0.25) is 0 Å². The summed E-state index contributed by atoms with van der Waals surface area (Å²) in [6.07, 6.45) is 2.16. The summed E-state index contributed by atoms with van der Waals surface area (Å²) in [6.45, 7) is 1.85. The van der Waals surface area contributed by atoms with Gasteiger partial charge >= 0.3 is 0 Å². The fourth-order valence-electron chi connectivity index (χ4n) is 2.12. The van der Waals surface area contributed by atoms with Gasteiger partial charge in [-0.1, -0.05) is 0 Å². The monoisotopic (exact) mass is 354 g/mol. The zero-order valence-electron chi connectivity index (χ0n) is 13.2. The van der Waals surface area contributed by atoms with Crippen LogP contribution in [0.2, 0.25) is 0 Å². The van der Waals surface area contributed by atoms with Gasteiger partial charge in [0.2, 0.25) is 0 Å². The lowest BCUT2D eigenvalue weighted by molar-refractivity contribution is 0.796.